The summed E-state index contributed by atoms with van der Waals surface area (Å²) < 4.78 is 31.1. The molecule has 0 unspecified atom stereocenters. The lowest BCUT2D eigenvalue weighted by molar-refractivity contribution is 0.0687. The van der Waals surface area contributed by atoms with Crippen LogP contribution in [0.25, 0.3) is 0 Å². The van der Waals surface area contributed by atoms with E-state index in [1.54, 1.807) is 13.8 Å². The van der Waals surface area contributed by atoms with E-state index in [0.29, 0.717) is 0 Å². The number of rotatable bonds is 6. The van der Waals surface area contributed by atoms with Gasteiger partial charge in [0.1, 0.15) is 0 Å². The molecule has 0 saturated heterocycles. The molecule has 0 fully saturated rings. The molecule has 0 radical (unpaired) electrons. The number of nitrogens with one attached hydrogen (secondary N) is 1. The number of carbonyl (C=O) groups is 1. The Labute approximate surface area is 109 Å². The zero-order valence-electron chi connectivity index (χ0n) is 10.1. The lowest BCUT2D eigenvalue weighted by Gasteiger charge is -2.24. The van der Waals surface area contributed by atoms with Crippen molar-refractivity contribution >= 4 is 27.3 Å². The summed E-state index contributed by atoms with van der Waals surface area (Å²) in [5.41, 5.74) is -0.130. The van der Waals surface area contributed by atoms with E-state index in [2.05, 4.69) is 9.71 Å². The normalized spacial score (nSPS) is 12.6. The number of hydrogen-bond acceptors (Lipinski definition) is 6. The molecule has 0 aliphatic heterocycles. The second-order valence-electron chi connectivity index (χ2n) is 4.22. The van der Waals surface area contributed by atoms with Crippen LogP contribution in [0.4, 0.5) is 0 Å². The first-order valence-electron chi connectivity index (χ1n) is 4.89. The third kappa shape index (κ3) is 3.48. The number of thiazole rings is 1. The fourth-order valence-corrected chi connectivity index (χ4v) is 3.91. The lowest BCUT2D eigenvalue weighted by atomic mass is 10.1. The van der Waals surface area contributed by atoms with E-state index in [1.807, 2.05) is 0 Å². The highest BCUT2D eigenvalue weighted by Gasteiger charge is 2.31. The highest BCUT2D eigenvalue weighted by Crippen LogP contribution is 2.21. The minimum atomic E-state index is -3.93. The van der Waals surface area contributed by atoms with Crippen molar-refractivity contribution in [1.29, 1.82) is 0 Å². The Bertz CT molecular complexity index is 535. The molecule has 0 bridgehead atoms. The molecule has 18 heavy (non-hydrogen) atoms. The largest absolute Gasteiger partial charge is 0.476 e. The van der Waals surface area contributed by atoms with Gasteiger partial charge in [0.15, 0.2) is 9.90 Å². The molecule has 0 aliphatic rings. The van der Waals surface area contributed by atoms with E-state index in [-0.39, 0.29) is 10.8 Å². The molecule has 0 atom stereocenters. The van der Waals surface area contributed by atoms with Crippen LogP contribution in [0.3, 0.4) is 0 Å². The number of ether oxygens (including phenoxy) is 1. The van der Waals surface area contributed by atoms with Crippen molar-refractivity contribution in [2.75, 3.05) is 13.7 Å². The third-order valence-corrected chi connectivity index (χ3v) is 4.97. The van der Waals surface area contributed by atoms with Crippen molar-refractivity contribution in [3.8, 4) is 0 Å². The maximum Gasteiger partial charge on any atom is 0.356 e. The van der Waals surface area contributed by atoms with Crippen molar-refractivity contribution in [1.82, 2.24) is 9.71 Å². The first-order chi connectivity index (χ1) is 8.19. The summed E-state index contributed by atoms with van der Waals surface area (Å²) in [6.07, 6.45) is 0. The monoisotopic (exact) mass is 294 g/mol. The van der Waals surface area contributed by atoms with Crippen LogP contribution in [0.5, 0.6) is 0 Å². The van der Waals surface area contributed by atoms with Crippen LogP contribution < -0.4 is 4.72 Å². The minimum absolute atomic E-state index is 0.160. The fourth-order valence-electron chi connectivity index (χ4n) is 1.37. The molecular weight excluding hydrogens is 280 g/mol. The van der Waals surface area contributed by atoms with Gasteiger partial charge in [0.2, 0.25) is 0 Å². The van der Waals surface area contributed by atoms with E-state index in [1.165, 1.54) is 12.6 Å². The summed E-state index contributed by atoms with van der Waals surface area (Å²) in [5, 5.41) is 8.85. The zero-order valence-corrected chi connectivity index (χ0v) is 11.8. The first-order valence-corrected chi connectivity index (χ1v) is 7.25. The number of sulfonamides is 1. The predicted molar refractivity (Wildman–Crippen MR) is 65.3 cm³/mol. The molecule has 7 nitrogen and oxygen atoms in total. The molecular formula is C9H14N2O5S2. The summed E-state index contributed by atoms with van der Waals surface area (Å²) in [7, 11) is -2.48. The number of methoxy groups -OCH3 is 1. The van der Waals surface area contributed by atoms with E-state index >= 15 is 0 Å². The Morgan fingerprint density at radius 3 is 2.72 bits per heavy atom. The molecule has 0 amide bonds. The van der Waals surface area contributed by atoms with Crippen molar-refractivity contribution < 1.29 is 23.1 Å². The number of carboxylic acid groups (broad SMARTS) is 1. The van der Waals surface area contributed by atoms with Crippen LogP contribution in [0.1, 0.15) is 24.3 Å². The van der Waals surface area contributed by atoms with Crippen LogP contribution in [-0.4, -0.2) is 43.7 Å². The second kappa shape index (κ2) is 5.31. The summed E-state index contributed by atoms with van der Waals surface area (Å²) in [4.78, 5) is 14.4. The van der Waals surface area contributed by atoms with Gasteiger partial charge in [0.05, 0.1) is 17.7 Å². The number of aromatic carboxylic acids is 1. The van der Waals surface area contributed by atoms with E-state index in [4.69, 9.17) is 9.84 Å². The Morgan fingerprint density at radius 2 is 2.22 bits per heavy atom. The highest BCUT2D eigenvalue weighted by molar-refractivity contribution is 7.91. The number of aromatic nitrogens is 1. The summed E-state index contributed by atoms with van der Waals surface area (Å²) >= 11 is 0.760. The smallest absolute Gasteiger partial charge is 0.356 e. The van der Waals surface area contributed by atoms with Crippen molar-refractivity contribution in [3.05, 3.63) is 11.2 Å². The van der Waals surface area contributed by atoms with Crippen LogP contribution in [0.2, 0.25) is 0 Å². The highest BCUT2D eigenvalue weighted by atomic mass is 32.2. The van der Waals surface area contributed by atoms with Gasteiger partial charge in [-0.3, -0.25) is 0 Å². The number of nitrogens with zero attached hydrogens (tertiary/aromatic N) is 1. The molecule has 1 heterocycles. The third-order valence-electron chi connectivity index (χ3n) is 1.90. The maximum absolute atomic E-state index is 12.0. The van der Waals surface area contributed by atoms with Crippen LogP contribution in [0.15, 0.2) is 9.72 Å². The molecule has 1 aromatic rings. The van der Waals surface area contributed by atoms with Gasteiger partial charge in [-0.05, 0) is 13.8 Å². The van der Waals surface area contributed by atoms with Crippen LogP contribution in [0, 0.1) is 0 Å². The molecule has 2 N–H and O–H groups in total. The van der Waals surface area contributed by atoms with Gasteiger partial charge in [-0.1, -0.05) is 0 Å². The fraction of sp³-hybridized carbons (Fsp3) is 0.556. The molecule has 0 spiro atoms. The van der Waals surface area contributed by atoms with Crippen molar-refractivity contribution in [2.24, 2.45) is 0 Å². The van der Waals surface area contributed by atoms with Crippen molar-refractivity contribution in [2.45, 2.75) is 23.6 Å². The topological polar surface area (TPSA) is 106 Å². The maximum atomic E-state index is 12.0. The first kappa shape index (κ1) is 15.0. The molecule has 1 aromatic heterocycles. The Hall–Kier alpha value is -1.03. The van der Waals surface area contributed by atoms with Gasteiger partial charge >= 0.3 is 5.97 Å². The Kier molecular flexibility index (Phi) is 4.43. The quantitative estimate of drug-likeness (QED) is 0.793. The Balaban J connectivity index is 3.07. The Morgan fingerprint density at radius 1 is 1.61 bits per heavy atom. The summed E-state index contributed by atoms with van der Waals surface area (Å²) in [6.45, 7) is 3.43. The van der Waals surface area contributed by atoms with E-state index in [9.17, 15) is 13.2 Å². The van der Waals surface area contributed by atoms with Gasteiger partial charge in [-0.25, -0.2) is 22.9 Å². The van der Waals surface area contributed by atoms with Gasteiger partial charge in [-0.2, -0.15) is 0 Å². The molecule has 0 aromatic carbocycles. The van der Waals surface area contributed by atoms with Gasteiger partial charge in [-0.15, -0.1) is 11.3 Å². The molecule has 0 aliphatic carbocycles. The number of carboxylic acids is 1. The molecule has 0 saturated carbocycles. The number of hydrogen-bond donors (Lipinski definition) is 2. The lowest BCUT2D eigenvalue weighted by Crippen LogP contribution is -2.46. The van der Waals surface area contributed by atoms with Crippen LogP contribution >= 0.6 is 11.3 Å². The SMILES string of the molecule is COCC(C)(C)NS(=O)(=O)c1scnc1C(=O)O. The molecule has 1 rings (SSSR count). The van der Waals surface area contributed by atoms with Gasteiger partial charge in [0.25, 0.3) is 10.0 Å². The van der Waals surface area contributed by atoms with Gasteiger partial charge in [0, 0.05) is 7.11 Å². The summed E-state index contributed by atoms with van der Waals surface area (Å²) in [6, 6.07) is 0. The predicted octanol–water partition coefficient (Wildman–Crippen LogP) is 0.545. The van der Waals surface area contributed by atoms with E-state index in [0.717, 1.165) is 11.3 Å². The standard InChI is InChI=1S/C9H14N2O5S2/c1-9(2,4-16-3)11-18(14,15)8-6(7(12)13)10-5-17-8/h5,11H,4H2,1-3H3,(H,12,13). The average molecular weight is 294 g/mol. The van der Waals surface area contributed by atoms with E-state index < -0.39 is 27.2 Å². The second-order valence-corrected chi connectivity index (χ2v) is 6.95. The minimum Gasteiger partial charge on any atom is -0.476 e. The zero-order chi connectivity index (χ0) is 14.0. The van der Waals surface area contributed by atoms with Gasteiger partial charge < -0.3 is 9.84 Å². The molecule has 9 heteroatoms. The van der Waals surface area contributed by atoms with Crippen molar-refractivity contribution in [3.63, 3.8) is 0 Å². The molecule has 102 valence electrons. The summed E-state index contributed by atoms with van der Waals surface area (Å²) in [5.74, 6) is -1.37. The van der Waals surface area contributed by atoms with Crippen LogP contribution in [-0.2, 0) is 14.8 Å². The average Bonchev–Trinajstić information content (AvgIpc) is 2.63.